The molecule has 0 bridgehead atoms. The largest absolute Gasteiger partial charge is 1.00 e. The Kier molecular flexibility index (Phi) is 16.8. The van der Waals surface area contributed by atoms with E-state index in [1.807, 2.05) is 6.92 Å². The summed E-state index contributed by atoms with van der Waals surface area (Å²) in [6, 6.07) is 0. The highest BCUT2D eigenvalue weighted by atomic mass is 35.5. The van der Waals surface area contributed by atoms with Gasteiger partial charge in [0, 0.05) is 0 Å². The van der Waals surface area contributed by atoms with E-state index in [0.29, 0.717) is 6.73 Å². The summed E-state index contributed by atoms with van der Waals surface area (Å²) in [6.07, 6.45) is 11.9. The topological polar surface area (TPSA) is 29.5 Å². The van der Waals surface area contributed by atoms with Crippen LogP contribution >= 0.6 is 0 Å². The molecule has 1 unspecified atom stereocenters. The van der Waals surface area contributed by atoms with E-state index in [1.165, 1.54) is 57.8 Å². The Morgan fingerprint density at radius 2 is 1.38 bits per heavy atom. The minimum Gasteiger partial charge on any atom is -1.00 e. The molecule has 0 fully saturated rings. The van der Waals surface area contributed by atoms with Crippen LogP contribution in [0.4, 0.5) is 0 Å². The second-order valence-corrected chi connectivity index (χ2v) is 6.83. The first-order chi connectivity index (χ1) is 9.48. The van der Waals surface area contributed by atoms with Gasteiger partial charge < -0.3 is 26.7 Å². The quantitative estimate of drug-likeness (QED) is 0.293. The Morgan fingerprint density at radius 1 is 0.905 bits per heavy atom. The second-order valence-electron chi connectivity index (χ2n) is 6.83. The summed E-state index contributed by atoms with van der Waals surface area (Å²) in [4.78, 5) is 0. The van der Waals surface area contributed by atoms with Crippen molar-refractivity contribution in [3.05, 3.63) is 0 Å². The summed E-state index contributed by atoms with van der Waals surface area (Å²) in [7, 11) is 4.20. The lowest BCUT2D eigenvalue weighted by Crippen LogP contribution is -3.00. The monoisotopic (exact) mass is 323 g/mol. The summed E-state index contributed by atoms with van der Waals surface area (Å²) in [6.45, 7) is 6.40. The van der Waals surface area contributed by atoms with Crippen LogP contribution < -0.4 is 12.4 Å². The molecule has 0 saturated carbocycles. The fourth-order valence-electron chi connectivity index (χ4n) is 2.59. The normalized spacial score (nSPS) is 13.0. The zero-order valence-electron chi connectivity index (χ0n) is 14.7. The smallest absolute Gasteiger partial charge is 0.182 e. The predicted molar refractivity (Wildman–Crippen MR) is 86.7 cm³/mol. The van der Waals surface area contributed by atoms with Crippen molar-refractivity contribution in [2.75, 3.05) is 34.0 Å². The van der Waals surface area contributed by atoms with Gasteiger partial charge in [0.25, 0.3) is 0 Å². The second kappa shape index (κ2) is 15.1. The third-order valence-corrected chi connectivity index (χ3v) is 3.59. The highest BCUT2D eigenvalue weighted by molar-refractivity contribution is 4.46. The van der Waals surface area contributed by atoms with Crippen LogP contribution in [0, 0.1) is 0 Å². The van der Waals surface area contributed by atoms with E-state index >= 15 is 0 Å². The number of aliphatic hydroxyl groups excluding tert-OH is 1. The van der Waals surface area contributed by atoms with Gasteiger partial charge >= 0.3 is 0 Å². The Morgan fingerprint density at radius 3 is 1.86 bits per heavy atom. The predicted octanol–water partition coefficient (Wildman–Crippen LogP) is 0.953. The van der Waals surface area contributed by atoms with Gasteiger partial charge in [-0.05, 0) is 13.3 Å². The highest BCUT2D eigenvalue weighted by Crippen LogP contribution is 2.09. The highest BCUT2D eigenvalue weighted by Gasteiger charge is 2.17. The van der Waals surface area contributed by atoms with Gasteiger partial charge in [-0.2, -0.15) is 0 Å². The van der Waals surface area contributed by atoms with Gasteiger partial charge in [-0.1, -0.05) is 58.3 Å². The number of quaternary nitrogens is 1. The molecule has 1 atom stereocenters. The molecule has 0 aromatic carbocycles. The number of ether oxygens (including phenoxy) is 1. The number of hydrogen-bond acceptors (Lipinski definition) is 2. The molecule has 0 spiro atoms. The summed E-state index contributed by atoms with van der Waals surface area (Å²) in [5, 5.41) is 9.39. The zero-order chi connectivity index (χ0) is 15.3. The molecule has 0 aliphatic carbocycles. The zero-order valence-corrected chi connectivity index (χ0v) is 15.5. The van der Waals surface area contributed by atoms with Gasteiger partial charge in [0.15, 0.2) is 6.73 Å². The van der Waals surface area contributed by atoms with Gasteiger partial charge in [-0.15, -0.1) is 0 Å². The fraction of sp³-hybridized carbons (Fsp3) is 1.00. The van der Waals surface area contributed by atoms with E-state index in [4.69, 9.17) is 4.74 Å². The van der Waals surface area contributed by atoms with Crippen molar-refractivity contribution in [3.63, 3.8) is 0 Å². The minimum atomic E-state index is -0.263. The van der Waals surface area contributed by atoms with E-state index in [1.54, 1.807) is 0 Å². The molecule has 0 aromatic heterocycles. The van der Waals surface area contributed by atoms with Crippen LogP contribution in [0.15, 0.2) is 0 Å². The molecule has 21 heavy (non-hydrogen) atoms. The number of halogens is 1. The van der Waals surface area contributed by atoms with Crippen LogP contribution in [0.3, 0.4) is 0 Å². The van der Waals surface area contributed by atoms with Crippen molar-refractivity contribution < 1.29 is 26.7 Å². The Bertz CT molecular complexity index is 211. The number of rotatable bonds is 14. The molecule has 3 nitrogen and oxygen atoms in total. The Hall–Kier alpha value is 0.170. The molecule has 4 heteroatoms. The average Bonchev–Trinajstić information content (AvgIpc) is 2.34. The summed E-state index contributed by atoms with van der Waals surface area (Å²) in [5.41, 5.74) is 0. The van der Waals surface area contributed by atoms with Crippen LogP contribution in [-0.4, -0.2) is 49.7 Å². The molecule has 0 amide bonds. The van der Waals surface area contributed by atoms with Crippen LogP contribution in [0.1, 0.15) is 71.6 Å². The van der Waals surface area contributed by atoms with E-state index < -0.39 is 0 Å². The van der Waals surface area contributed by atoms with Gasteiger partial charge in [0.05, 0.1) is 20.7 Å². The number of unbranched alkanes of at least 4 members (excludes halogenated alkanes) is 8. The maximum absolute atomic E-state index is 9.39. The van der Waals surface area contributed by atoms with E-state index in [-0.39, 0.29) is 18.5 Å². The standard InChI is InChI=1S/C17H38NO2.ClH/c1-5-6-7-8-9-10-11-12-13-14-20-16-18(3,4)15-17(2)19;/h17,19H,5-16H2,1-4H3;1H/q+1;/p-1. The Balaban J connectivity index is 0. The van der Waals surface area contributed by atoms with Gasteiger partial charge in [-0.25, -0.2) is 0 Å². The van der Waals surface area contributed by atoms with Crippen LogP contribution in [0.25, 0.3) is 0 Å². The number of likely N-dealkylation sites (N-methyl/N-ethyl adjacent to an activating group) is 1. The van der Waals surface area contributed by atoms with E-state index in [2.05, 4.69) is 21.0 Å². The average molecular weight is 324 g/mol. The molecule has 0 saturated heterocycles. The molecule has 0 aliphatic heterocycles. The molecular formula is C17H38ClNO2. The molecule has 0 radical (unpaired) electrons. The molecule has 0 aromatic rings. The maximum atomic E-state index is 9.39. The molecule has 1 N–H and O–H groups in total. The number of hydrogen-bond donors (Lipinski definition) is 1. The van der Waals surface area contributed by atoms with Crippen LogP contribution in [-0.2, 0) is 4.74 Å². The molecule has 0 rings (SSSR count). The van der Waals surface area contributed by atoms with E-state index in [0.717, 1.165) is 17.6 Å². The lowest BCUT2D eigenvalue weighted by Gasteiger charge is -2.30. The molecule has 0 aliphatic rings. The molecule has 130 valence electrons. The van der Waals surface area contributed by atoms with E-state index in [9.17, 15) is 5.11 Å². The van der Waals surface area contributed by atoms with Crippen molar-refractivity contribution in [1.29, 1.82) is 0 Å². The lowest BCUT2D eigenvalue weighted by molar-refractivity contribution is -0.912. The van der Waals surface area contributed by atoms with Crippen molar-refractivity contribution >= 4 is 0 Å². The number of aliphatic hydroxyl groups is 1. The Labute approximate surface area is 139 Å². The first kappa shape index (κ1) is 23.4. The first-order valence-electron chi connectivity index (χ1n) is 8.56. The summed E-state index contributed by atoms with van der Waals surface area (Å²) >= 11 is 0. The van der Waals surface area contributed by atoms with Crippen molar-refractivity contribution in [2.45, 2.75) is 77.7 Å². The van der Waals surface area contributed by atoms with Crippen LogP contribution in [0.2, 0.25) is 0 Å². The first-order valence-corrected chi connectivity index (χ1v) is 8.56. The maximum Gasteiger partial charge on any atom is 0.182 e. The fourth-order valence-corrected chi connectivity index (χ4v) is 2.59. The van der Waals surface area contributed by atoms with Crippen molar-refractivity contribution in [3.8, 4) is 0 Å². The molecule has 0 heterocycles. The van der Waals surface area contributed by atoms with Crippen LogP contribution in [0.5, 0.6) is 0 Å². The summed E-state index contributed by atoms with van der Waals surface area (Å²) < 4.78 is 6.45. The third kappa shape index (κ3) is 18.1. The number of nitrogens with zero attached hydrogens (tertiary/aromatic N) is 1. The lowest BCUT2D eigenvalue weighted by atomic mass is 10.1. The van der Waals surface area contributed by atoms with Gasteiger partial charge in [0.2, 0.25) is 0 Å². The van der Waals surface area contributed by atoms with Crippen molar-refractivity contribution in [1.82, 2.24) is 0 Å². The third-order valence-electron chi connectivity index (χ3n) is 3.59. The minimum absolute atomic E-state index is 0. The van der Waals surface area contributed by atoms with Gasteiger partial charge in [-0.3, -0.25) is 0 Å². The SMILES string of the molecule is CCCCCCCCCCCOC[N+](C)(C)CC(C)O.[Cl-]. The summed E-state index contributed by atoms with van der Waals surface area (Å²) in [5.74, 6) is 0. The molecular weight excluding hydrogens is 286 g/mol. The van der Waals surface area contributed by atoms with Crippen molar-refractivity contribution in [2.24, 2.45) is 0 Å². The van der Waals surface area contributed by atoms with Gasteiger partial charge in [0.1, 0.15) is 12.6 Å².